The monoisotopic (exact) mass is 154 g/mol. The molecule has 0 rings (SSSR count). The molecule has 0 aliphatic heterocycles. The van der Waals surface area contributed by atoms with Gasteiger partial charge in [-0.2, -0.15) is 12.6 Å². The molecule has 0 unspecified atom stereocenters. The average Bonchev–Trinajstić information content (AvgIpc) is 1.35. The first kappa shape index (κ1) is 16.4. The van der Waals surface area contributed by atoms with Crippen LogP contribution in [0, 0.1) is 0 Å². The summed E-state index contributed by atoms with van der Waals surface area (Å²) in [6.07, 6.45) is 0.156. The van der Waals surface area contributed by atoms with Crippen LogP contribution in [-0.2, 0) is 4.79 Å². The fraction of sp³-hybridized carbons (Fsp3) is 0.667. The van der Waals surface area contributed by atoms with Crippen molar-refractivity contribution in [2.45, 2.75) is 6.42 Å². The fourth-order valence-corrected chi connectivity index (χ4v) is 0.287. The van der Waals surface area contributed by atoms with Crippen LogP contribution in [0.1, 0.15) is 6.42 Å². The molecule has 0 spiro atoms. The number of thiol groups is 1. The molecule has 0 amide bonds. The van der Waals surface area contributed by atoms with Crippen LogP contribution in [0.15, 0.2) is 0 Å². The first-order chi connectivity index (χ1) is 2.77. The van der Waals surface area contributed by atoms with Gasteiger partial charge in [-0.1, -0.05) is 0 Å². The summed E-state index contributed by atoms with van der Waals surface area (Å²) in [6, 6.07) is 0. The van der Waals surface area contributed by atoms with Crippen LogP contribution in [0.2, 0.25) is 0 Å². The molecule has 0 aromatic carbocycles. The Hall–Kier alpha value is 1.82. The SMILES string of the molecule is O=C(O)CCS.[NaH].[NaH]. The summed E-state index contributed by atoms with van der Waals surface area (Å²) in [7, 11) is 0. The molecule has 0 aliphatic carbocycles. The minimum absolute atomic E-state index is 0. The molecule has 1 N–H and O–H groups in total. The Balaban J connectivity index is -0.000000125. The van der Waals surface area contributed by atoms with E-state index in [9.17, 15) is 4.79 Å². The number of rotatable bonds is 2. The molecule has 0 heterocycles. The molecular formula is C3H8Na2O2S. The van der Waals surface area contributed by atoms with E-state index in [0.29, 0.717) is 5.75 Å². The normalized spacial score (nSPS) is 6.12. The van der Waals surface area contributed by atoms with Crippen LogP contribution in [0.4, 0.5) is 0 Å². The van der Waals surface area contributed by atoms with Gasteiger partial charge in [0.25, 0.3) is 0 Å². The zero-order chi connectivity index (χ0) is 4.99. The van der Waals surface area contributed by atoms with Gasteiger partial charge in [0.1, 0.15) is 0 Å². The van der Waals surface area contributed by atoms with E-state index in [2.05, 4.69) is 12.6 Å². The first-order valence-corrected chi connectivity index (χ1v) is 2.23. The van der Waals surface area contributed by atoms with Crippen LogP contribution in [0.3, 0.4) is 0 Å². The van der Waals surface area contributed by atoms with Crippen molar-refractivity contribution in [3.63, 3.8) is 0 Å². The number of hydrogen-bond acceptors (Lipinski definition) is 2. The predicted octanol–water partition coefficient (Wildman–Crippen LogP) is -0.906. The predicted molar refractivity (Wildman–Crippen MR) is 40.4 cm³/mol. The summed E-state index contributed by atoms with van der Waals surface area (Å²) in [5, 5.41) is 7.86. The number of carbonyl (C=O) groups is 1. The van der Waals surface area contributed by atoms with E-state index in [-0.39, 0.29) is 65.5 Å². The number of aliphatic carboxylic acids is 1. The zero-order valence-electron chi connectivity index (χ0n) is 3.22. The molecule has 0 fully saturated rings. The van der Waals surface area contributed by atoms with E-state index in [1.807, 2.05) is 0 Å². The molecule has 0 saturated heterocycles. The molecule has 8 heavy (non-hydrogen) atoms. The Labute approximate surface area is 98.4 Å². The van der Waals surface area contributed by atoms with Crippen molar-refractivity contribution in [2.24, 2.45) is 0 Å². The van der Waals surface area contributed by atoms with Gasteiger partial charge in [0.2, 0.25) is 0 Å². The van der Waals surface area contributed by atoms with E-state index in [1.54, 1.807) is 0 Å². The third-order valence-corrected chi connectivity index (χ3v) is 0.549. The van der Waals surface area contributed by atoms with Crippen molar-refractivity contribution in [1.82, 2.24) is 0 Å². The summed E-state index contributed by atoms with van der Waals surface area (Å²) >= 11 is 3.68. The van der Waals surface area contributed by atoms with E-state index < -0.39 is 5.97 Å². The van der Waals surface area contributed by atoms with Crippen LogP contribution < -0.4 is 0 Å². The van der Waals surface area contributed by atoms with Crippen molar-refractivity contribution in [3.8, 4) is 0 Å². The Morgan fingerprint density at radius 3 is 1.88 bits per heavy atom. The third kappa shape index (κ3) is 15.7. The van der Waals surface area contributed by atoms with Crippen LogP contribution in [0.25, 0.3) is 0 Å². The average molecular weight is 154 g/mol. The summed E-state index contributed by atoms with van der Waals surface area (Å²) < 4.78 is 0. The Bertz CT molecular complexity index is 59.2. The topological polar surface area (TPSA) is 37.3 Å². The molecule has 0 atom stereocenters. The van der Waals surface area contributed by atoms with E-state index in [0.717, 1.165) is 0 Å². The summed E-state index contributed by atoms with van der Waals surface area (Å²) in [5.74, 6) is -0.361. The quantitative estimate of drug-likeness (QED) is 0.399. The number of carboxylic acids is 1. The molecule has 2 nitrogen and oxygen atoms in total. The van der Waals surface area contributed by atoms with Gasteiger partial charge in [-0.05, 0) is 0 Å². The van der Waals surface area contributed by atoms with Gasteiger partial charge < -0.3 is 5.11 Å². The van der Waals surface area contributed by atoms with Crippen LogP contribution in [-0.4, -0.2) is 75.9 Å². The van der Waals surface area contributed by atoms with Gasteiger partial charge in [-0.25, -0.2) is 0 Å². The van der Waals surface area contributed by atoms with Crippen molar-refractivity contribution in [3.05, 3.63) is 0 Å². The van der Waals surface area contributed by atoms with Gasteiger partial charge >= 0.3 is 65.1 Å². The van der Waals surface area contributed by atoms with Gasteiger partial charge in [-0.3, -0.25) is 4.79 Å². The summed E-state index contributed by atoms with van der Waals surface area (Å²) in [6.45, 7) is 0. The summed E-state index contributed by atoms with van der Waals surface area (Å²) in [4.78, 5) is 9.55. The molecule has 0 aliphatic rings. The van der Waals surface area contributed by atoms with Crippen molar-refractivity contribution < 1.29 is 9.90 Å². The molecule has 0 radical (unpaired) electrons. The Morgan fingerprint density at radius 2 is 1.88 bits per heavy atom. The Morgan fingerprint density at radius 1 is 1.50 bits per heavy atom. The second-order valence-corrected chi connectivity index (χ2v) is 1.31. The molecule has 0 aromatic heterocycles. The minimum atomic E-state index is -0.787. The first-order valence-electron chi connectivity index (χ1n) is 1.60. The van der Waals surface area contributed by atoms with E-state index in [1.165, 1.54) is 0 Å². The second-order valence-electron chi connectivity index (χ2n) is 0.867. The van der Waals surface area contributed by atoms with E-state index >= 15 is 0 Å². The van der Waals surface area contributed by atoms with Gasteiger partial charge in [0.15, 0.2) is 0 Å². The van der Waals surface area contributed by atoms with Crippen molar-refractivity contribution >= 4 is 77.7 Å². The fourth-order valence-electron chi connectivity index (χ4n) is 0.0956. The summed E-state index contributed by atoms with van der Waals surface area (Å²) in [5.41, 5.74) is 0. The van der Waals surface area contributed by atoms with Crippen molar-refractivity contribution in [1.29, 1.82) is 0 Å². The molecule has 40 valence electrons. The molecule has 0 bridgehead atoms. The molecule has 0 aromatic rings. The van der Waals surface area contributed by atoms with Crippen LogP contribution >= 0.6 is 12.6 Å². The molecular weight excluding hydrogens is 146 g/mol. The zero-order valence-corrected chi connectivity index (χ0v) is 4.11. The maximum absolute atomic E-state index is 9.55. The third-order valence-electron chi connectivity index (χ3n) is 0.326. The van der Waals surface area contributed by atoms with Gasteiger partial charge in [-0.15, -0.1) is 0 Å². The maximum atomic E-state index is 9.55. The van der Waals surface area contributed by atoms with Gasteiger partial charge in [0, 0.05) is 5.75 Å². The van der Waals surface area contributed by atoms with Gasteiger partial charge in [0.05, 0.1) is 6.42 Å². The number of carboxylic acid groups (broad SMARTS) is 1. The second kappa shape index (κ2) is 11.6. The molecule has 0 saturated carbocycles. The Kier molecular flexibility index (Phi) is 23.8. The standard InChI is InChI=1S/C3H6O2S.2Na.2H/c4-3(5)1-2-6;;;;/h6H,1-2H2,(H,4,5);;;;. The van der Waals surface area contributed by atoms with E-state index in [4.69, 9.17) is 5.11 Å². The van der Waals surface area contributed by atoms with Crippen molar-refractivity contribution in [2.75, 3.05) is 5.75 Å². The number of hydrogen-bond donors (Lipinski definition) is 2. The molecule has 5 heteroatoms. The van der Waals surface area contributed by atoms with Crippen LogP contribution in [0.5, 0.6) is 0 Å².